The van der Waals surface area contributed by atoms with Crippen LogP contribution in [-0.2, 0) is 4.79 Å². The maximum Gasteiger partial charge on any atom is 0.306 e. The summed E-state index contributed by atoms with van der Waals surface area (Å²) in [5, 5.41) is 34.7. The fourth-order valence-corrected chi connectivity index (χ4v) is 0.621. The van der Waals surface area contributed by atoms with Crippen LogP contribution in [-0.4, -0.2) is 44.7 Å². The van der Waals surface area contributed by atoms with Gasteiger partial charge in [0.05, 0.1) is 13.0 Å². The van der Waals surface area contributed by atoms with Crippen molar-refractivity contribution in [2.45, 2.75) is 25.0 Å². The van der Waals surface area contributed by atoms with Crippen LogP contribution in [0.15, 0.2) is 0 Å². The van der Waals surface area contributed by atoms with Crippen LogP contribution in [0.2, 0.25) is 0 Å². The summed E-state index contributed by atoms with van der Waals surface area (Å²) in [7, 11) is 0. The van der Waals surface area contributed by atoms with Crippen LogP contribution >= 0.6 is 0 Å². The maximum absolute atomic E-state index is 10.1. The van der Waals surface area contributed by atoms with Crippen LogP contribution < -0.4 is 0 Å². The Morgan fingerprint density at radius 3 is 2.36 bits per heavy atom. The van der Waals surface area contributed by atoms with Gasteiger partial charge in [-0.25, -0.2) is 0 Å². The molecule has 0 aromatic heterocycles. The maximum atomic E-state index is 10.1. The lowest BCUT2D eigenvalue weighted by molar-refractivity contribution is -0.149. The van der Waals surface area contributed by atoms with Crippen LogP contribution in [0.3, 0.4) is 0 Å². The van der Waals surface area contributed by atoms with Gasteiger partial charge in [0.1, 0.15) is 11.7 Å². The number of carboxylic acid groups (broad SMARTS) is 1. The SMILES string of the molecule is C[C@@](O)(CC(=O)O)[C@H](O)CO. The van der Waals surface area contributed by atoms with Gasteiger partial charge in [-0.2, -0.15) is 0 Å². The van der Waals surface area contributed by atoms with E-state index in [1.165, 1.54) is 0 Å². The van der Waals surface area contributed by atoms with Crippen molar-refractivity contribution < 1.29 is 25.2 Å². The zero-order valence-corrected chi connectivity index (χ0v) is 6.19. The number of carbonyl (C=O) groups is 1. The molecule has 0 heterocycles. The van der Waals surface area contributed by atoms with Crippen molar-refractivity contribution in [3.8, 4) is 0 Å². The quantitative estimate of drug-likeness (QED) is 0.408. The molecule has 0 spiro atoms. The van der Waals surface area contributed by atoms with Crippen molar-refractivity contribution in [1.29, 1.82) is 0 Å². The number of aliphatic carboxylic acids is 1. The summed E-state index contributed by atoms with van der Waals surface area (Å²) in [5.74, 6) is -1.22. The lowest BCUT2D eigenvalue weighted by atomic mass is 9.96. The van der Waals surface area contributed by atoms with E-state index in [4.69, 9.17) is 20.4 Å². The average molecular weight is 164 g/mol. The molecule has 0 saturated carbocycles. The standard InChI is InChI=1S/C6H12O5/c1-6(11,2-5(9)10)4(8)3-7/h4,7-8,11H,2-3H2,1H3,(H,9,10)/t4-,6-/m1/s1. The van der Waals surface area contributed by atoms with Gasteiger partial charge in [-0.05, 0) is 6.92 Å². The number of rotatable bonds is 4. The largest absolute Gasteiger partial charge is 0.481 e. The normalized spacial score (nSPS) is 18.9. The van der Waals surface area contributed by atoms with Crippen molar-refractivity contribution >= 4 is 5.97 Å². The minimum absolute atomic E-state index is 0.589. The Kier molecular flexibility index (Phi) is 3.44. The van der Waals surface area contributed by atoms with E-state index < -0.39 is 30.7 Å². The second kappa shape index (κ2) is 3.66. The van der Waals surface area contributed by atoms with E-state index in [-0.39, 0.29) is 0 Å². The van der Waals surface area contributed by atoms with Gasteiger partial charge >= 0.3 is 5.97 Å². The fraction of sp³-hybridized carbons (Fsp3) is 0.833. The molecule has 0 saturated heterocycles. The number of aliphatic hydroxyl groups is 3. The lowest BCUT2D eigenvalue weighted by Gasteiger charge is -2.25. The summed E-state index contributed by atoms with van der Waals surface area (Å²) >= 11 is 0. The lowest BCUT2D eigenvalue weighted by Crippen LogP contribution is -2.43. The molecule has 0 aromatic rings. The van der Waals surface area contributed by atoms with E-state index in [0.717, 1.165) is 6.92 Å². The third-order valence-electron chi connectivity index (χ3n) is 1.40. The highest BCUT2D eigenvalue weighted by atomic mass is 16.4. The molecule has 0 amide bonds. The Morgan fingerprint density at radius 2 is 2.09 bits per heavy atom. The van der Waals surface area contributed by atoms with Gasteiger partial charge in [0, 0.05) is 0 Å². The molecule has 0 aliphatic rings. The van der Waals surface area contributed by atoms with Crippen LogP contribution in [0.1, 0.15) is 13.3 Å². The molecule has 0 rings (SSSR count). The minimum Gasteiger partial charge on any atom is -0.481 e. The van der Waals surface area contributed by atoms with Crippen molar-refractivity contribution in [2.75, 3.05) is 6.61 Å². The van der Waals surface area contributed by atoms with Crippen LogP contribution in [0.5, 0.6) is 0 Å². The van der Waals surface area contributed by atoms with Gasteiger partial charge in [-0.3, -0.25) is 4.79 Å². The Labute approximate surface area is 63.9 Å². The summed E-state index contributed by atoms with van der Waals surface area (Å²) < 4.78 is 0. The van der Waals surface area contributed by atoms with Gasteiger partial charge in [0.2, 0.25) is 0 Å². The summed E-state index contributed by atoms with van der Waals surface area (Å²) in [5.41, 5.74) is -1.76. The summed E-state index contributed by atoms with van der Waals surface area (Å²) in [6, 6.07) is 0. The molecule has 0 bridgehead atoms. The molecule has 0 radical (unpaired) electrons. The van der Waals surface area contributed by atoms with Gasteiger partial charge in [-0.1, -0.05) is 0 Å². The van der Waals surface area contributed by atoms with E-state index in [2.05, 4.69) is 0 Å². The zero-order chi connectivity index (χ0) is 9.07. The topological polar surface area (TPSA) is 98.0 Å². The first-order valence-electron chi connectivity index (χ1n) is 3.13. The molecule has 2 atom stereocenters. The highest BCUT2D eigenvalue weighted by Crippen LogP contribution is 2.13. The Bertz CT molecular complexity index is 142. The number of hydrogen-bond acceptors (Lipinski definition) is 4. The molecule has 4 N–H and O–H groups in total. The van der Waals surface area contributed by atoms with Gasteiger partial charge in [-0.15, -0.1) is 0 Å². The fourth-order valence-electron chi connectivity index (χ4n) is 0.621. The molecule has 0 aromatic carbocycles. The van der Waals surface area contributed by atoms with Crippen molar-refractivity contribution in [1.82, 2.24) is 0 Å². The highest BCUT2D eigenvalue weighted by Gasteiger charge is 2.32. The molecule has 5 heteroatoms. The molecule has 0 fully saturated rings. The number of carboxylic acids is 1. The van der Waals surface area contributed by atoms with Crippen LogP contribution in [0.25, 0.3) is 0 Å². The summed E-state index contributed by atoms with van der Waals surface area (Å²) in [4.78, 5) is 10.1. The number of hydrogen-bond donors (Lipinski definition) is 4. The van der Waals surface area contributed by atoms with E-state index in [9.17, 15) is 4.79 Å². The van der Waals surface area contributed by atoms with Gasteiger partial charge in [0.25, 0.3) is 0 Å². The predicted octanol–water partition coefficient (Wildman–Crippen LogP) is -1.43. The highest BCUT2D eigenvalue weighted by molar-refractivity contribution is 5.68. The van der Waals surface area contributed by atoms with Crippen molar-refractivity contribution in [2.24, 2.45) is 0 Å². The smallest absolute Gasteiger partial charge is 0.306 e. The molecule has 0 aliphatic heterocycles. The summed E-state index contributed by atoms with van der Waals surface area (Å²) in [6.45, 7) is 0.502. The molecule has 0 aliphatic carbocycles. The number of aliphatic hydroxyl groups excluding tert-OH is 2. The second-order valence-corrected chi connectivity index (χ2v) is 2.63. The predicted molar refractivity (Wildman–Crippen MR) is 36.0 cm³/mol. The van der Waals surface area contributed by atoms with Crippen LogP contribution in [0.4, 0.5) is 0 Å². The molecular weight excluding hydrogens is 152 g/mol. The first-order chi connectivity index (χ1) is 4.90. The molecular formula is C6H12O5. The Hall–Kier alpha value is -0.650. The van der Waals surface area contributed by atoms with E-state index in [1.807, 2.05) is 0 Å². The summed E-state index contributed by atoms with van der Waals surface area (Å²) in [6.07, 6.45) is -2.01. The average Bonchev–Trinajstić information content (AvgIpc) is 1.83. The van der Waals surface area contributed by atoms with Crippen LogP contribution in [0, 0.1) is 0 Å². The first kappa shape index (κ1) is 10.3. The Balaban J connectivity index is 4.08. The Morgan fingerprint density at radius 1 is 1.64 bits per heavy atom. The van der Waals surface area contributed by atoms with E-state index in [1.54, 1.807) is 0 Å². The zero-order valence-electron chi connectivity index (χ0n) is 6.19. The molecule has 0 unspecified atom stereocenters. The third kappa shape index (κ3) is 3.31. The van der Waals surface area contributed by atoms with E-state index >= 15 is 0 Å². The molecule has 66 valence electrons. The monoisotopic (exact) mass is 164 g/mol. The first-order valence-corrected chi connectivity index (χ1v) is 3.13. The van der Waals surface area contributed by atoms with E-state index in [0.29, 0.717) is 0 Å². The molecule has 5 nitrogen and oxygen atoms in total. The van der Waals surface area contributed by atoms with Crippen molar-refractivity contribution in [3.63, 3.8) is 0 Å². The second-order valence-electron chi connectivity index (χ2n) is 2.63. The van der Waals surface area contributed by atoms with Gasteiger partial charge in [0.15, 0.2) is 0 Å². The molecule has 11 heavy (non-hydrogen) atoms. The van der Waals surface area contributed by atoms with Gasteiger partial charge < -0.3 is 20.4 Å². The third-order valence-corrected chi connectivity index (χ3v) is 1.40. The van der Waals surface area contributed by atoms with Crippen molar-refractivity contribution in [3.05, 3.63) is 0 Å². The minimum atomic E-state index is -1.76.